The molecule has 0 N–H and O–H groups in total. The van der Waals surface area contributed by atoms with Gasteiger partial charge < -0.3 is 4.74 Å². The lowest BCUT2D eigenvalue weighted by atomic mass is 10.0. The van der Waals surface area contributed by atoms with Crippen LogP contribution in [0.1, 0.15) is 28.4 Å². The van der Waals surface area contributed by atoms with Gasteiger partial charge in [0.15, 0.2) is 0 Å². The molecule has 0 atom stereocenters. The number of benzene rings is 1. The van der Waals surface area contributed by atoms with Crippen molar-refractivity contribution in [2.75, 3.05) is 6.61 Å². The molecule has 1 aromatic rings. The summed E-state index contributed by atoms with van der Waals surface area (Å²) in [6.07, 6.45) is 0. The van der Waals surface area contributed by atoms with Gasteiger partial charge in [-0.1, -0.05) is 0 Å². The SMILES string of the molecule is CCOC(=O)c1ccc(I)c(C)c1C#N. The van der Waals surface area contributed by atoms with Gasteiger partial charge in [0.2, 0.25) is 0 Å². The van der Waals surface area contributed by atoms with Crippen LogP contribution in [0.5, 0.6) is 0 Å². The Morgan fingerprint density at radius 1 is 1.60 bits per heavy atom. The van der Waals surface area contributed by atoms with E-state index in [1.54, 1.807) is 13.0 Å². The summed E-state index contributed by atoms with van der Waals surface area (Å²) in [6, 6.07) is 5.48. The highest BCUT2D eigenvalue weighted by Crippen LogP contribution is 2.20. The van der Waals surface area contributed by atoms with Gasteiger partial charge in [-0.05, 0) is 54.1 Å². The molecule has 4 heteroatoms. The number of rotatable bonds is 2. The Labute approximate surface area is 102 Å². The van der Waals surface area contributed by atoms with Gasteiger partial charge >= 0.3 is 5.97 Å². The fourth-order valence-electron chi connectivity index (χ4n) is 1.21. The largest absolute Gasteiger partial charge is 0.462 e. The standard InChI is InChI=1S/C11H10INO2/c1-3-15-11(14)8-4-5-10(12)7(2)9(8)6-13/h4-5H,3H2,1-2H3. The van der Waals surface area contributed by atoms with Crippen molar-refractivity contribution in [1.82, 2.24) is 0 Å². The Morgan fingerprint density at radius 3 is 2.80 bits per heavy atom. The summed E-state index contributed by atoms with van der Waals surface area (Å²) < 4.78 is 5.84. The van der Waals surface area contributed by atoms with E-state index in [0.717, 1.165) is 9.13 Å². The Morgan fingerprint density at radius 2 is 2.27 bits per heavy atom. The second kappa shape index (κ2) is 5.12. The third-order valence-corrected chi connectivity index (χ3v) is 3.17. The van der Waals surface area contributed by atoms with Crippen molar-refractivity contribution in [2.45, 2.75) is 13.8 Å². The minimum atomic E-state index is -0.437. The third kappa shape index (κ3) is 2.48. The first kappa shape index (κ1) is 12.0. The van der Waals surface area contributed by atoms with E-state index in [4.69, 9.17) is 10.00 Å². The van der Waals surface area contributed by atoms with E-state index in [1.165, 1.54) is 0 Å². The van der Waals surface area contributed by atoms with Crippen molar-refractivity contribution >= 4 is 28.6 Å². The molecule has 1 rings (SSSR count). The summed E-state index contributed by atoms with van der Waals surface area (Å²) in [5.41, 5.74) is 1.57. The van der Waals surface area contributed by atoms with Crippen molar-refractivity contribution in [1.29, 1.82) is 5.26 Å². The average molecular weight is 315 g/mol. The zero-order valence-corrected chi connectivity index (χ0v) is 10.7. The van der Waals surface area contributed by atoms with Gasteiger partial charge in [-0.2, -0.15) is 5.26 Å². The van der Waals surface area contributed by atoms with E-state index in [-0.39, 0.29) is 0 Å². The highest BCUT2D eigenvalue weighted by Gasteiger charge is 2.15. The predicted octanol–water partition coefficient (Wildman–Crippen LogP) is 2.65. The summed E-state index contributed by atoms with van der Waals surface area (Å²) in [7, 11) is 0. The molecule has 0 heterocycles. The molecule has 0 amide bonds. The highest BCUT2D eigenvalue weighted by atomic mass is 127. The first-order valence-electron chi connectivity index (χ1n) is 4.48. The Bertz CT molecular complexity index is 435. The summed E-state index contributed by atoms with van der Waals surface area (Å²) >= 11 is 2.13. The van der Waals surface area contributed by atoms with Gasteiger partial charge in [-0.25, -0.2) is 4.79 Å². The van der Waals surface area contributed by atoms with Crippen molar-refractivity contribution in [3.05, 3.63) is 32.4 Å². The second-order valence-corrected chi connectivity index (χ2v) is 4.09. The molecule has 0 aliphatic rings. The van der Waals surface area contributed by atoms with Gasteiger partial charge in [0, 0.05) is 3.57 Å². The molecular formula is C11H10INO2. The number of carbonyl (C=O) groups is 1. The fraction of sp³-hybridized carbons (Fsp3) is 0.273. The predicted molar refractivity (Wildman–Crippen MR) is 64.6 cm³/mol. The number of hydrogen-bond acceptors (Lipinski definition) is 3. The zero-order chi connectivity index (χ0) is 11.4. The van der Waals surface area contributed by atoms with Crippen molar-refractivity contribution in [3.63, 3.8) is 0 Å². The third-order valence-electron chi connectivity index (χ3n) is 2.01. The lowest BCUT2D eigenvalue weighted by Gasteiger charge is -2.07. The molecule has 15 heavy (non-hydrogen) atoms. The number of carbonyl (C=O) groups excluding carboxylic acids is 1. The van der Waals surface area contributed by atoms with E-state index in [2.05, 4.69) is 22.6 Å². The molecule has 0 saturated heterocycles. The van der Waals surface area contributed by atoms with Crippen molar-refractivity contribution in [2.24, 2.45) is 0 Å². The summed E-state index contributed by atoms with van der Waals surface area (Å²) in [6.45, 7) is 3.88. The number of hydrogen-bond donors (Lipinski definition) is 0. The first-order valence-corrected chi connectivity index (χ1v) is 5.56. The van der Waals surface area contributed by atoms with Gasteiger partial charge in [-0.15, -0.1) is 0 Å². The zero-order valence-electron chi connectivity index (χ0n) is 8.50. The van der Waals surface area contributed by atoms with Gasteiger partial charge in [-0.3, -0.25) is 0 Å². The molecule has 0 fully saturated rings. The first-order chi connectivity index (χ1) is 7.11. The number of nitrogens with zero attached hydrogens (tertiary/aromatic N) is 1. The van der Waals surface area contributed by atoms with E-state index >= 15 is 0 Å². The van der Waals surface area contributed by atoms with Gasteiger partial charge in [0.25, 0.3) is 0 Å². The lowest BCUT2D eigenvalue weighted by molar-refractivity contribution is 0.0526. The molecule has 0 unspecified atom stereocenters. The molecule has 0 aliphatic heterocycles. The number of esters is 1. The molecule has 1 aromatic carbocycles. The van der Waals surface area contributed by atoms with E-state index in [0.29, 0.717) is 17.7 Å². The number of ether oxygens (including phenoxy) is 1. The minimum Gasteiger partial charge on any atom is -0.462 e. The molecule has 0 radical (unpaired) electrons. The minimum absolute atomic E-state index is 0.314. The van der Waals surface area contributed by atoms with Crippen LogP contribution in [-0.4, -0.2) is 12.6 Å². The highest BCUT2D eigenvalue weighted by molar-refractivity contribution is 14.1. The molecule has 78 valence electrons. The number of nitriles is 1. The van der Waals surface area contributed by atoms with Crippen LogP contribution in [0.15, 0.2) is 12.1 Å². The Balaban J connectivity index is 3.26. The summed E-state index contributed by atoms with van der Waals surface area (Å²) in [5.74, 6) is -0.437. The Kier molecular flexibility index (Phi) is 4.09. The van der Waals surface area contributed by atoms with Crippen LogP contribution in [0.2, 0.25) is 0 Å². The Hall–Kier alpha value is -1.09. The molecular weight excluding hydrogens is 305 g/mol. The molecule has 0 saturated carbocycles. The van der Waals surface area contributed by atoms with E-state index in [9.17, 15) is 4.79 Å². The number of halogens is 1. The molecule has 0 aliphatic carbocycles. The molecule has 0 aromatic heterocycles. The van der Waals surface area contributed by atoms with Crippen LogP contribution in [0.3, 0.4) is 0 Å². The molecule has 0 bridgehead atoms. The van der Waals surface area contributed by atoms with E-state index < -0.39 is 5.97 Å². The monoisotopic (exact) mass is 315 g/mol. The van der Waals surface area contributed by atoms with Crippen molar-refractivity contribution < 1.29 is 9.53 Å². The molecule has 0 spiro atoms. The quantitative estimate of drug-likeness (QED) is 0.623. The van der Waals surface area contributed by atoms with Gasteiger partial charge in [0.1, 0.15) is 6.07 Å². The summed E-state index contributed by atoms with van der Waals surface area (Å²) in [4.78, 5) is 11.5. The maximum Gasteiger partial charge on any atom is 0.339 e. The van der Waals surface area contributed by atoms with Crippen LogP contribution >= 0.6 is 22.6 Å². The summed E-state index contributed by atoms with van der Waals surface area (Å²) in [5, 5.41) is 8.98. The maximum atomic E-state index is 11.5. The second-order valence-electron chi connectivity index (χ2n) is 2.93. The lowest BCUT2D eigenvalue weighted by Crippen LogP contribution is -2.08. The molecule has 3 nitrogen and oxygen atoms in total. The maximum absolute atomic E-state index is 11.5. The van der Waals surface area contributed by atoms with Gasteiger partial charge in [0.05, 0.1) is 17.7 Å². The van der Waals surface area contributed by atoms with Crippen LogP contribution in [0.25, 0.3) is 0 Å². The van der Waals surface area contributed by atoms with Crippen LogP contribution in [0.4, 0.5) is 0 Å². The smallest absolute Gasteiger partial charge is 0.339 e. The van der Waals surface area contributed by atoms with Crippen LogP contribution in [0, 0.1) is 21.8 Å². The van der Waals surface area contributed by atoms with Crippen LogP contribution in [-0.2, 0) is 4.74 Å². The topological polar surface area (TPSA) is 50.1 Å². The van der Waals surface area contributed by atoms with Crippen LogP contribution < -0.4 is 0 Å². The van der Waals surface area contributed by atoms with Crippen molar-refractivity contribution in [3.8, 4) is 6.07 Å². The van der Waals surface area contributed by atoms with E-state index in [1.807, 2.05) is 19.1 Å². The normalized spacial score (nSPS) is 9.47. The average Bonchev–Trinajstić information content (AvgIpc) is 2.22. The fourth-order valence-corrected chi connectivity index (χ4v) is 1.66.